The fraction of sp³-hybridized carbons (Fsp3) is 1.00. The zero-order valence-electron chi connectivity index (χ0n) is 6.77. The van der Waals surface area contributed by atoms with E-state index in [0.717, 1.165) is 6.54 Å². The van der Waals surface area contributed by atoms with Gasteiger partial charge in [-0.15, -0.1) is 0 Å². The molecule has 3 heteroatoms. The van der Waals surface area contributed by atoms with Crippen molar-refractivity contribution in [2.45, 2.75) is 25.6 Å². The van der Waals surface area contributed by atoms with E-state index in [4.69, 9.17) is 10.2 Å². The quantitative estimate of drug-likeness (QED) is 0.609. The zero-order chi connectivity index (χ0) is 7.49. The molecule has 0 bridgehead atoms. The maximum absolute atomic E-state index is 5.49. The molecule has 56 valence electrons. The molecule has 0 amide bonds. The van der Waals surface area contributed by atoms with Crippen molar-refractivity contribution in [1.29, 1.82) is 0 Å². The van der Waals surface area contributed by atoms with Gasteiger partial charge in [0, 0.05) is 7.11 Å². The Hall–Kier alpha value is 0.137. The Kier molecular flexibility index (Phi) is 3.39. The van der Waals surface area contributed by atoms with Crippen molar-refractivity contribution in [3.8, 4) is 0 Å². The second-order valence-electron chi connectivity index (χ2n) is 2.94. The third-order valence-electron chi connectivity index (χ3n) is 2.07. The van der Waals surface area contributed by atoms with E-state index in [1.807, 2.05) is 0 Å². The fourth-order valence-electron chi connectivity index (χ4n) is 0.485. The van der Waals surface area contributed by atoms with Crippen molar-refractivity contribution >= 4 is 8.32 Å². The Morgan fingerprint density at radius 3 is 2.11 bits per heavy atom. The van der Waals surface area contributed by atoms with Gasteiger partial charge in [0.2, 0.25) is 0 Å². The van der Waals surface area contributed by atoms with Crippen LogP contribution in [0.1, 0.15) is 6.92 Å². The molecule has 0 rings (SSSR count). The highest BCUT2D eigenvalue weighted by Crippen LogP contribution is 2.19. The molecule has 2 N–H and O–H groups in total. The summed E-state index contributed by atoms with van der Waals surface area (Å²) >= 11 is 0. The zero-order valence-corrected chi connectivity index (χ0v) is 7.77. The van der Waals surface area contributed by atoms with Crippen molar-refractivity contribution in [1.82, 2.24) is 0 Å². The van der Waals surface area contributed by atoms with Crippen molar-refractivity contribution in [3.05, 3.63) is 0 Å². The van der Waals surface area contributed by atoms with Gasteiger partial charge < -0.3 is 10.2 Å². The second kappa shape index (κ2) is 3.34. The summed E-state index contributed by atoms with van der Waals surface area (Å²) in [4.78, 5) is 0. The molecule has 0 saturated carbocycles. The van der Waals surface area contributed by atoms with Crippen LogP contribution in [0.3, 0.4) is 0 Å². The Morgan fingerprint density at radius 1 is 1.56 bits per heavy atom. The molecule has 1 unspecified atom stereocenters. The molecule has 0 radical (unpaired) electrons. The Morgan fingerprint density at radius 2 is 2.00 bits per heavy atom. The highest BCUT2D eigenvalue weighted by molar-refractivity contribution is 6.72. The Bertz CT molecular complexity index is 85.1. The number of hydrogen-bond donors (Lipinski definition) is 1. The van der Waals surface area contributed by atoms with E-state index in [0.29, 0.717) is 5.54 Å². The van der Waals surface area contributed by atoms with Gasteiger partial charge in [-0.2, -0.15) is 0 Å². The van der Waals surface area contributed by atoms with Crippen LogP contribution in [0.2, 0.25) is 18.6 Å². The van der Waals surface area contributed by atoms with Crippen LogP contribution in [0.25, 0.3) is 0 Å². The molecule has 0 saturated heterocycles. The predicted molar refractivity (Wildman–Crippen MR) is 43.0 cm³/mol. The van der Waals surface area contributed by atoms with Crippen molar-refractivity contribution in [2.75, 3.05) is 13.7 Å². The van der Waals surface area contributed by atoms with Crippen LogP contribution in [-0.2, 0) is 4.43 Å². The first-order chi connectivity index (χ1) is 4.04. The summed E-state index contributed by atoms with van der Waals surface area (Å²) in [6.07, 6.45) is 0. The Balaban J connectivity index is 3.80. The average molecular weight is 147 g/mol. The standard InChI is InChI=1S/C6H17NOSi/c1-6(5-7)9(3,4)8-2/h6H,5,7H2,1-4H3. The molecule has 0 aliphatic heterocycles. The van der Waals surface area contributed by atoms with Gasteiger partial charge in [-0.05, 0) is 25.2 Å². The number of rotatable bonds is 3. The largest absolute Gasteiger partial charge is 0.420 e. The lowest BCUT2D eigenvalue weighted by Gasteiger charge is -2.26. The van der Waals surface area contributed by atoms with Crippen LogP contribution >= 0.6 is 0 Å². The van der Waals surface area contributed by atoms with Crippen LogP contribution < -0.4 is 5.73 Å². The molecule has 0 heterocycles. The minimum Gasteiger partial charge on any atom is -0.420 e. The fourth-order valence-corrected chi connectivity index (χ4v) is 1.45. The van der Waals surface area contributed by atoms with E-state index in [2.05, 4.69) is 20.0 Å². The molecule has 0 spiro atoms. The minimum absolute atomic E-state index is 0.558. The van der Waals surface area contributed by atoms with Crippen LogP contribution in [-0.4, -0.2) is 22.0 Å². The summed E-state index contributed by atoms with van der Waals surface area (Å²) in [7, 11) is 0.371. The van der Waals surface area contributed by atoms with Gasteiger partial charge in [0.25, 0.3) is 0 Å². The molecule has 0 aliphatic rings. The molecular formula is C6H17NOSi. The lowest BCUT2D eigenvalue weighted by atomic mass is 10.5. The van der Waals surface area contributed by atoms with Gasteiger partial charge in [-0.1, -0.05) is 6.92 Å². The summed E-state index contributed by atoms with van der Waals surface area (Å²) in [5.41, 5.74) is 6.05. The maximum Gasteiger partial charge on any atom is 0.190 e. The van der Waals surface area contributed by atoms with E-state index >= 15 is 0 Å². The van der Waals surface area contributed by atoms with Gasteiger partial charge in [0.05, 0.1) is 0 Å². The topological polar surface area (TPSA) is 35.2 Å². The summed E-state index contributed by atoms with van der Waals surface area (Å²) in [5.74, 6) is 0. The number of hydrogen-bond acceptors (Lipinski definition) is 2. The molecular weight excluding hydrogens is 130 g/mol. The highest BCUT2D eigenvalue weighted by Gasteiger charge is 2.27. The molecule has 0 aromatic heterocycles. The molecule has 0 aromatic rings. The van der Waals surface area contributed by atoms with E-state index in [9.17, 15) is 0 Å². The summed E-state index contributed by atoms with van der Waals surface area (Å²) < 4.78 is 5.35. The van der Waals surface area contributed by atoms with Gasteiger partial charge in [0.15, 0.2) is 8.32 Å². The summed E-state index contributed by atoms with van der Waals surface area (Å²) in [6.45, 7) is 7.26. The summed E-state index contributed by atoms with van der Waals surface area (Å²) in [6, 6.07) is 0. The van der Waals surface area contributed by atoms with Gasteiger partial charge in [0.1, 0.15) is 0 Å². The third-order valence-corrected chi connectivity index (χ3v) is 5.73. The monoisotopic (exact) mass is 147 g/mol. The van der Waals surface area contributed by atoms with Crippen molar-refractivity contribution in [3.63, 3.8) is 0 Å². The van der Waals surface area contributed by atoms with Gasteiger partial charge >= 0.3 is 0 Å². The molecule has 1 atom stereocenters. The van der Waals surface area contributed by atoms with Crippen LogP contribution in [0.5, 0.6) is 0 Å². The lowest BCUT2D eigenvalue weighted by Crippen LogP contribution is -2.37. The van der Waals surface area contributed by atoms with Gasteiger partial charge in [-0.3, -0.25) is 0 Å². The molecule has 2 nitrogen and oxygen atoms in total. The van der Waals surface area contributed by atoms with E-state index in [-0.39, 0.29) is 0 Å². The predicted octanol–water partition coefficient (Wildman–Crippen LogP) is 1.19. The first-order valence-electron chi connectivity index (χ1n) is 3.29. The smallest absolute Gasteiger partial charge is 0.190 e. The molecule has 9 heavy (non-hydrogen) atoms. The minimum atomic E-state index is -1.41. The third kappa shape index (κ3) is 2.47. The van der Waals surface area contributed by atoms with E-state index < -0.39 is 8.32 Å². The van der Waals surface area contributed by atoms with Crippen LogP contribution in [0.4, 0.5) is 0 Å². The van der Waals surface area contributed by atoms with Crippen molar-refractivity contribution in [2.24, 2.45) is 5.73 Å². The van der Waals surface area contributed by atoms with E-state index in [1.165, 1.54) is 0 Å². The number of nitrogens with two attached hydrogens (primary N) is 1. The SMILES string of the molecule is CO[Si](C)(C)C(C)CN. The maximum atomic E-state index is 5.49. The first-order valence-corrected chi connectivity index (χ1v) is 6.28. The second-order valence-corrected chi connectivity index (χ2v) is 7.55. The lowest BCUT2D eigenvalue weighted by molar-refractivity contribution is 0.393. The van der Waals surface area contributed by atoms with E-state index in [1.54, 1.807) is 7.11 Å². The summed E-state index contributed by atoms with van der Waals surface area (Å²) in [5, 5.41) is 0. The van der Waals surface area contributed by atoms with Gasteiger partial charge in [-0.25, -0.2) is 0 Å². The first kappa shape index (κ1) is 9.14. The Labute approximate surface area is 58.5 Å². The molecule has 0 fully saturated rings. The normalized spacial score (nSPS) is 15.7. The molecule has 0 aromatic carbocycles. The molecule has 0 aliphatic carbocycles. The average Bonchev–Trinajstić information content (AvgIpc) is 1.86. The van der Waals surface area contributed by atoms with Crippen LogP contribution in [0.15, 0.2) is 0 Å². The van der Waals surface area contributed by atoms with Crippen molar-refractivity contribution < 1.29 is 4.43 Å². The van der Waals surface area contributed by atoms with Crippen LogP contribution in [0, 0.1) is 0 Å². The highest BCUT2D eigenvalue weighted by atomic mass is 28.4.